The van der Waals surface area contributed by atoms with Crippen LogP contribution in [-0.4, -0.2) is 6.96 Å². The molecule has 0 amide bonds. The first-order valence-electron chi connectivity index (χ1n) is 8.74. The molecule has 1 spiro atoms. The van der Waals surface area contributed by atoms with Gasteiger partial charge in [-0.25, -0.2) is 0 Å². The number of hydrogen-bond donors (Lipinski definition) is 0. The molecule has 2 heterocycles. The maximum atomic E-state index is 6.00. The zero-order valence-corrected chi connectivity index (χ0v) is 15.7. The van der Waals surface area contributed by atoms with Gasteiger partial charge >= 0.3 is 6.96 Å². The number of rotatable bonds is 0. The van der Waals surface area contributed by atoms with E-state index in [9.17, 15) is 0 Å². The minimum absolute atomic E-state index is 0.0309. The molecule has 4 nitrogen and oxygen atoms in total. The van der Waals surface area contributed by atoms with Crippen LogP contribution in [0, 0.1) is 0 Å². The van der Waals surface area contributed by atoms with Crippen molar-refractivity contribution in [3.05, 3.63) is 47.5 Å². The van der Waals surface area contributed by atoms with Gasteiger partial charge in [-0.05, 0) is 46.2 Å². The van der Waals surface area contributed by atoms with Gasteiger partial charge < -0.3 is 18.6 Å². The van der Waals surface area contributed by atoms with Gasteiger partial charge in [0.25, 0.3) is 0 Å². The van der Waals surface area contributed by atoms with E-state index in [0.29, 0.717) is 23.0 Å². The van der Waals surface area contributed by atoms with Crippen molar-refractivity contribution in [3.8, 4) is 23.0 Å². The number of fused-ring (bicyclic) bond motifs is 2. The Bertz CT molecular complexity index is 774. The molecule has 0 atom stereocenters. The fourth-order valence-electron chi connectivity index (χ4n) is 3.09. The third-order valence-corrected chi connectivity index (χ3v) is 4.70. The quantitative estimate of drug-likeness (QED) is 0.636. The summed E-state index contributed by atoms with van der Waals surface area (Å²) in [6.45, 7) is 10.7. The molecule has 4 rings (SSSR count). The monoisotopic (exact) mass is 339 g/mol. The normalized spacial score (nSPS) is 17.2. The molecule has 5 heteroatoms. The summed E-state index contributed by atoms with van der Waals surface area (Å²) < 4.78 is 23.8. The van der Waals surface area contributed by atoms with E-state index in [1.807, 2.05) is 24.3 Å². The highest BCUT2D eigenvalue weighted by molar-refractivity contribution is 6.59. The lowest BCUT2D eigenvalue weighted by molar-refractivity contribution is 0.224. The van der Waals surface area contributed by atoms with Crippen LogP contribution < -0.4 is 18.6 Å². The van der Waals surface area contributed by atoms with E-state index in [2.05, 4.69) is 53.7 Å². The van der Waals surface area contributed by atoms with Gasteiger partial charge in [0.2, 0.25) is 0 Å². The summed E-state index contributed by atoms with van der Waals surface area (Å²) in [5, 5.41) is 0. The SMILES string of the molecule is CC(C)(C)c1ccc2c(c1)O[B-]1(O2)Oc2ccc(C(C)(C)C)cc2O1. The van der Waals surface area contributed by atoms with Crippen molar-refractivity contribution in [1.29, 1.82) is 0 Å². The van der Waals surface area contributed by atoms with Crippen LogP contribution in [0.3, 0.4) is 0 Å². The van der Waals surface area contributed by atoms with E-state index in [4.69, 9.17) is 18.6 Å². The van der Waals surface area contributed by atoms with Crippen LogP contribution in [0.5, 0.6) is 23.0 Å². The van der Waals surface area contributed by atoms with E-state index in [0.717, 1.165) is 0 Å². The fraction of sp³-hybridized carbons (Fsp3) is 0.400. The van der Waals surface area contributed by atoms with Crippen molar-refractivity contribution < 1.29 is 18.6 Å². The van der Waals surface area contributed by atoms with Crippen LogP contribution >= 0.6 is 0 Å². The minimum Gasteiger partial charge on any atom is -0.609 e. The third kappa shape index (κ3) is 2.72. The van der Waals surface area contributed by atoms with Crippen molar-refractivity contribution in [3.63, 3.8) is 0 Å². The van der Waals surface area contributed by atoms with E-state index >= 15 is 0 Å². The first kappa shape index (κ1) is 16.2. The molecule has 0 radical (unpaired) electrons. The van der Waals surface area contributed by atoms with Crippen LogP contribution in [0.4, 0.5) is 0 Å². The molecule has 25 heavy (non-hydrogen) atoms. The summed E-state index contributed by atoms with van der Waals surface area (Å²) in [7, 11) is 0. The summed E-state index contributed by atoms with van der Waals surface area (Å²) in [4.78, 5) is 0. The Morgan fingerprint density at radius 1 is 0.560 bits per heavy atom. The Balaban J connectivity index is 1.63. The van der Waals surface area contributed by atoms with E-state index in [-0.39, 0.29) is 10.8 Å². The van der Waals surface area contributed by atoms with E-state index in [1.54, 1.807) is 0 Å². The van der Waals surface area contributed by atoms with Gasteiger partial charge in [-0.15, -0.1) is 0 Å². The Labute approximate surface area is 149 Å². The Hall–Kier alpha value is -2.30. The van der Waals surface area contributed by atoms with Crippen molar-refractivity contribution in [2.24, 2.45) is 0 Å². The average Bonchev–Trinajstić information content (AvgIpc) is 3.01. The molecule has 132 valence electrons. The highest BCUT2D eigenvalue weighted by atomic mass is 16.9. The second kappa shape index (κ2) is 4.87. The van der Waals surface area contributed by atoms with Gasteiger partial charge in [0.05, 0.1) is 0 Å². The molecule has 0 saturated heterocycles. The first-order chi connectivity index (χ1) is 11.6. The Morgan fingerprint density at radius 2 is 0.920 bits per heavy atom. The highest BCUT2D eigenvalue weighted by Crippen LogP contribution is 2.47. The Morgan fingerprint density at radius 3 is 1.28 bits per heavy atom. The van der Waals surface area contributed by atoms with E-state index in [1.165, 1.54) is 11.1 Å². The summed E-state index contributed by atoms with van der Waals surface area (Å²) in [6.07, 6.45) is 0. The van der Waals surface area contributed by atoms with Gasteiger partial charge in [0.1, 0.15) is 23.0 Å². The smallest absolute Gasteiger partial charge is 0.609 e. The van der Waals surface area contributed by atoms with Crippen molar-refractivity contribution in [1.82, 2.24) is 0 Å². The molecule has 0 fully saturated rings. The Kier molecular flexibility index (Phi) is 3.15. The second-order valence-electron chi connectivity index (χ2n) is 8.87. The van der Waals surface area contributed by atoms with Gasteiger partial charge in [-0.1, -0.05) is 53.7 Å². The molecular weight excluding hydrogens is 315 g/mol. The van der Waals surface area contributed by atoms with Crippen LogP contribution in [0.15, 0.2) is 36.4 Å². The van der Waals surface area contributed by atoms with Gasteiger partial charge in [-0.2, -0.15) is 0 Å². The lowest BCUT2D eigenvalue weighted by Crippen LogP contribution is -2.54. The number of hydrogen-bond acceptors (Lipinski definition) is 4. The summed E-state index contributed by atoms with van der Waals surface area (Å²) >= 11 is 0. The molecule has 2 aliphatic heterocycles. The lowest BCUT2D eigenvalue weighted by Gasteiger charge is -2.27. The summed E-state index contributed by atoms with van der Waals surface area (Å²) in [5.41, 5.74) is 2.41. The predicted molar refractivity (Wildman–Crippen MR) is 98.6 cm³/mol. The predicted octanol–water partition coefficient (Wildman–Crippen LogP) is 4.96. The first-order valence-corrected chi connectivity index (χ1v) is 8.74. The maximum absolute atomic E-state index is 6.00. The molecule has 0 N–H and O–H groups in total. The largest absolute Gasteiger partial charge is 0.777 e. The van der Waals surface area contributed by atoms with Crippen LogP contribution in [0.1, 0.15) is 52.7 Å². The molecule has 0 bridgehead atoms. The van der Waals surface area contributed by atoms with Crippen LogP contribution in [-0.2, 0) is 10.8 Å². The highest BCUT2D eigenvalue weighted by Gasteiger charge is 2.52. The van der Waals surface area contributed by atoms with Crippen LogP contribution in [0.25, 0.3) is 0 Å². The standard InChI is InChI=1S/C20H24BO4/c1-19(2,3)13-7-9-15-17(11-13)24-21(22-15)23-16-10-8-14(20(4,5)6)12-18(16)25-21/h7-12H,1-6H3/q-1. The zero-order chi connectivity index (χ0) is 18.0. The van der Waals surface area contributed by atoms with Crippen molar-refractivity contribution in [2.45, 2.75) is 52.4 Å². The molecule has 2 aliphatic rings. The molecule has 0 saturated carbocycles. The summed E-state index contributed by atoms with van der Waals surface area (Å²) in [5.74, 6) is 2.63. The fourth-order valence-corrected chi connectivity index (χ4v) is 3.09. The van der Waals surface area contributed by atoms with Crippen LogP contribution in [0.2, 0.25) is 0 Å². The molecule has 2 aromatic rings. The average molecular weight is 339 g/mol. The second-order valence-corrected chi connectivity index (χ2v) is 8.87. The summed E-state index contributed by atoms with van der Waals surface area (Å²) in [6, 6.07) is 11.9. The van der Waals surface area contributed by atoms with Gasteiger partial charge in [0.15, 0.2) is 0 Å². The van der Waals surface area contributed by atoms with Gasteiger partial charge in [-0.3, -0.25) is 0 Å². The minimum atomic E-state index is -2.32. The zero-order valence-electron chi connectivity index (χ0n) is 15.7. The van der Waals surface area contributed by atoms with E-state index < -0.39 is 6.96 Å². The lowest BCUT2D eigenvalue weighted by atomic mass is 9.87. The van der Waals surface area contributed by atoms with Gasteiger partial charge in [0, 0.05) is 0 Å². The molecule has 2 aromatic carbocycles. The topological polar surface area (TPSA) is 36.9 Å². The molecular formula is C20H24BO4-. The molecule has 0 aromatic heterocycles. The molecule has 0 unspecified atom stereocenters. The molecule has 0 aliphatic carbocycles. The third-order valence-electron chi connectivity index (χ3n) is 4.70. The number of benzene rings is 2. The van der Waals surface area contributed by atoms with Crippen molar-refractivity contribution in [2.75, 3.05) is 0 Å². The maximum Gasteiger partial charge on any atom is 0.777 e. The van der Waals surface area contributed by atoms with Crippen molar-refractivity contribution >= 4 is 6.96 Å².